The highest BCUT2D eigenvalue weighted by molar-refractivity contribution is 6.05. The van der Waals surface area contributed by atoms with E-state index < -0.39 is 0 Å². The topological polar surface area (TPSA) is 107 Å². The number of furan rings is 1. The number of hydrogen-bond acceptors (Lipinski definition) is 6. The van der Waals surface area contributed by atoms with E-state index in [-0.39, 0.29) is 5.91 Å². The fourth-order valence-corrected chi connectivity index (χ4v) is 3.68. The van der Waals surface area contributed by atoms with Crippen LogP contribution in [0, 0.1) is 0 Å². The number of carbonyl (C=O) groups is 2. The third-order valence-corrected chi connectivity index (χ3v) is 5.49. The van der Waals surface area contributed by atoms with Gasteiger partial charge < -0.3 is 24.9 Å². The van der Waals surface area contributed by atoms with Gasteiger partial charge >= 0.3 is 0 Å². The van der Waals surface area contributed by atoms with Crippen LogP contribution in [-0.4, -0.2) is 32.6 Å². The molecule has 1 aromatic heterocycles. The molecule has 4 rings (SSSR count). The van der Waals surface area contributed by atoms with Crippen molar-refractivity contribution in [3.8, 4) is 5.75 Å². The number of hydrogen-bond donors (Lipinski definition) is 2. The normalized spacial score (nSPS) is 10.8. The Hall–Kier alpha value is -4.30. The van der Waals surface area contributed by atoms with Gasteiger partial charge in [-0.1, -0.05) is 24.3 Å². The lowest BCUT2D eigenvalue weighted by atomic mass is 10.1. The second-order valence-electron chi connectivity index (χ2n) is 7.91. The van der Waals surface area contributed by atoms with Crippen molar-refractivity contribution in [2.24, 2.45) is 0 Å². The van der Waals surface area contributed by atoms with Gasteiger partial charge in [0.25, 0.3) is 5.91 Å². The Morgan fingerprint density at radius 2 is 1.89 bits per heavy atom. The van der Waals surface area contributed by atoms with E-state index in [1.54, 1.807) is 49.6 Å². The summed E-state index contributed by atoms with van der Waals surface area (Å²) < 4.78 is 16.9. The standard InChI is InChI=1S/C27H27N3O5/c1-33-17-20-6-4-9-25-22(20)16-26(35-25)30(18-31)14-5-15-34-21-12-10-19(11-13-21)27(32)29-24-8-3-2-7-23(24)28/h2-4,6-13,16,18H,5,14-15,17,28H2,1H3,(H,29,32). The molecule has 0 spiro atoms. The predicted molar refractivity (Wildman–Crippen MR) is 136 cm³/mol. The quantitative estimate of drug-likeness (QED) is 0.183. The van der Waals surface area contributed by atoms with Crippen molar-refractivity contribution < 1.29 is 23.5 Å². The van der Waals surface area contributed by atoms with Crippen LogP contribution in [0.4, 0.5) is 17.3 Å². The van der Waals surface area contributed by atoms with E-state index in [0.717, 1.165) is 17.4 Å². The molecule has 0 aliphatic heterocycles. The highest BCUT2D eigenvalue weighted by Gasteiger charge is 2.14. The van der Waals surface area contributed by atoms with Crippen LogP contribution in [0.2, 0.25) is 0 Å². The van der Waals surface area contributed by atoms with Gasteiger partial charge in [-0.2, -0.15) is 0 Å². The highest BCUT2D eigenvalue weighted by Crippen LogP contribution is 2.29. The summed E-state index contributed by atoms with van der Waals surface area (Å²) in [7, 11) is 1.64. The lowest BCUT2D eigenvalue weighted by Gasteiger charge is -2.14. The van der Waals surface area contributed by atoms with Gasteiger partial charge in [0.2, 0.25) is 12.3 Å². The van der Waals surface area contributed by atoms with E-state index in [9.17, 15) is 9.59 Å². The molecule has 1 heterocycles. The van der Waals surface area contributed by atoms with E-state index in [1.807, 2.05) is 30.3 Å². The number of benzene rings is 3. The second-order valence-corrected chi connectivity index (χ2v) is 7.91. The Labute approximate surface area is 203 Å². The Morgan fingerprint density at radius 3 is 2.63 bits per heavy atom. The molecular weight excluding hydrogens is 446 g/mol. The number of ether oxygens (including phenoxy) is 2. The number of nitrogens with one attached hydrogen (secondary N) is 1. The summed E-state index contributed by atoms with van der Waals surface area (Å²) in [6.07, 6.45) is 1.34. The van der Waals surface area contributed by atoms with Crippen molar-refractivity contribution in [3.05, 3.63) is 83.9 Å². The van der Waals surface area contributed by atoms with E-state index in [1.165, 1.54) is 4.90 Å². The summed E-state index contributed by atoms with van der Waals surface area (Å²) >= 11 is 0. The average molecular weight is 474 g/mol. The highest BCUT2D eigenvalue weighted by atomic mass is 16.5. The molecule has 0 saturated carbocycles. The van der Waals surface area contributed by atoms with Crippen LogP contribution < -0.4 is 20.7 Å². The molecule has 3 N–H and O–H groups in total. The Balaban J connectivity index is 1.29. The van der Waals surface area contributed by atoms with Gasteiger partial charge in [0.15, 0.2) is 0 Å². The van der Waals surface area contributed by atoms with Gasteiger partial charge in [0, 0.05) is 30.7 Å². The summed E-state index contributed by atoms with van der Waals surface area (Å²) in [4.78, 5) is 25.6. The van der Waals surface area contributed by atoms with E-state index in [2.05, 4.69) is 5.32 Å². The van der Waals surface area contributed by atoms with Crippen LogP contribution in [0.1, 0.15) is 22.3 Å². The van der Waals surface area contributed by atoms with Crippen LogP contribution in [0.3, 0.4) is 0 Å². The van der Waals surface area contributed by atoms with Crippen molar-refractivity contribution in [1.29, 1.82) is 0 Å². The number of nitrogens with two attached hydrogens (primary N) is 1. The van der Waals surface area contributed by atoms with Gasteiger partial charge in [0.1, 0.15) is 11.3 Å². The van der Waals surface area contributed by atoms with Crippen LogP contribution in [-0.2, 0) is 16.1 Å². The zero-order chi connectivity index (χ0) is 24.6. The van der Waals surface area contributed by atoms with Gasteiger partial charge in [-0.25, -0.2) is 0 Å². The summed E-state index contributed by atoms with van der Waals surface area (Å²) in [6.45, 7) is 1.29. The maximum Gasteiger partial charge on any atom is 0.255 e. The van der Waals surface area contributed by atoms with Crippen molar-refractivity contribution >= 4 is 40.5 Å². The summed E-state index contributed by atoms with van der Waals surface area (Å²) in [5.41, 5.74) is 9.14. The largest absolute Gasteiger partial charge is 0.494 e. The van der Waals surface area contributed by atoms with Crippen molar-refractivity contribution in [2.75, 3.05) is 36.2 Å². The Kier molecular flexibility index (Phi) is 7.64. The molecular formula is C27H27N3O5. The number of fused-ring (bicyclic) bond motifs is 1. The van der Waals surface area contributed by atoms with E-state index in [0.29, 0.717) is 60.3 Å². The SMILES string of the molecule is COCc1cccc2oc(N(C=O)CCCOc3ccc(C(=O)Nc4ccccc4N)cc3)cc12. The molecule has 2 amide bonds. The lowest BCUT2D eigenvalue weighted by molar-refractivity contribution is -0.107. The average Bonchev–Trinajstić information content (AvgIpc) is 3.31. The number of nitrogens with zero attached hydrogens (tertiary/aromatic N) is 1. The van der Waals surface area contributed by atoms with Crippen LogP contribution in [0.25, 0.3) is 11.0 Å². The van der Waals surface area contributed by atoms with Crippen molar-refractivity contribution in [3.63, 3.8) is 0 Å². The molecule has 8 nitrogen and oxygen atoms in total. The number of para-hydroxylation sites is 2. The van der Waals surface area contributed by atoms with Gasteiger partial charge in [0.05, 0.1) is 24.6 Å². The molecule has 0 bridgehead atoms. The van der Waals surface area contributed by atoms with Crippen LogP contribution in [0.5, 0.6) is 5.75 Å². The molecule has 3 aromatic carbocycles. The van der Waals surface area contributed by atoms with Crippen molar-refractivity contribution in [2.45, 2.75) is 13.0 Å². The van der Waals surface area contributed by atoms with E-state index >= 15 is 0 Å². The lowest BCUT2D eigenvalue weighted by Crippen LogP contribution is -2.23. The number of amides is 2. The number of anilines is 3. The fourth-order valence-electron chi connectivity index (χ4n) is 3.68. The maximum atomic E-state index is 12.4. The molecule has 0 unspecified atom stereocenters. The number of nitrogen functional groups attached to an aromatic ring is 1. The Bertz CT molecular complexity index is 1300. The molecule has 0 aliphatic carbocycles. The van der Waals surface area contributed by atoms with E-state index in [4.69, 9.17) is 19.6 Å². The van der Waals surface area contributed by atoms with Gasteiger partial charge in [-0.3, -0.25) is 14.5 Å². The zero-order valence-corrected chi connectivity index (χ0v) is 19.4. The first-order chi connectivity index (χ1) is 17.1. The molecule has 180 valence electrons. The fraction of sp³-hybridized carbons (Fsp3) is 0.185. The molecule has 0 atom stereocenters. The van der Waals surface area contributed by atoms with Gasteiger partial charge in [-0.15, -0.1) is 0 Å². The third-order valence-electron chi connectivity index (χ3n) is 5.49. The molecule has 0 radical (unpaired) electrons. The number of rotatable bonds is 11. The molecule has 0 saturated heterocycles. The zero-order valence-electron chi connectivity index (χ0n) is 19.4. The number of carbonyl (C=O) groups excluding carboxylic acids is 2. The number of methoxy groups -OCH3 is 1. The summed E-state index contributed by atoms with van der Waals surface area (Å²) in [6, 6.07) is 21.5. The molecule has 0 fully saturated rings. The first-order valence-corrected chi connectivity index (χ1v) is 11.2. The minimum atomic E-state index is -0.254. The van der Waals surface area contributed by atoms with Crippen molar-refractivity contribution in [1.82, 2.24) is 0 Å². The van der Waals surface area contributed by atoms with Gasteiger partial charge in [-0.05, 0) is 54.4 Å². The first-order valence-electron chi connectivity index (χ1n) is 11.2. The molecule has 35 heavy (non-hydrogen) atoms. The maximum absolute atomic E-state index is 12.4. The molecule has 0 aliphatic rings. The summed E-state index contributed by atoms with van der Waals surface area (Å²) in [5, 5.41) is 3.72. The third kappa shape index (κ3) is 5.80. The summed E-state index contributed by atoms with van der Waals surface area (Å²) in [5.74, 6) is 0.856. The predicted octanol–water partition coefficient (Wildman–Crippen LogP) is 4.85. The first kappa shape index (κ1) is 23.8. The molecule has 8 heteroatoms. The van der Waals surface area contributed by atoms with Crippen LogP contribution in [0.15, 0.2) is 77.2 Å². The molecule has 4 aromatic rings. The van der Waals surface area contributed by atoms with Crippen LogP contribution >= 0.6 is 0 Å². The minimum Gasteiger partial charge on any atom is -0.494 e. The second kappa shape index (κ2) is 11.2. The monoisotopic (exact) mass is 473 g/mol. The smallest absolute Gasteiger partial charge is 0.255 e. The minimum absolute atomic E-state index is 0.254. The Morgan fingerprint density at radius 1 is 1.09 bits per heavy atom.